The van der Waals surface area contributed by atoms with Crippen molar-refractivity contribution in [2.45, 2.75) is 64.3 Å². The number of carbonyl (C=O) groups is 1. The minimum atomic E-state index is -0.833. The Kier molecular flexibility index (Phi) is 4.93. The number of hydrogen-bond donors (Lipinski definition) is 1. The van der Waals surface area contributed by atoms with Gasteiger partial charge in [0, 0.05) is 24.8 Å². The topological polar surface area (TPSA) is 82.6 Å². The summed E-state index contributed by atoms with van der Waals surface area (Å²) in [6, 6.07) is 7.60. The molecule has 1 aromatic rings. The fraction of sp³-hybridized carbons (Fsp3) is 0.545. The fourth-order valence-electron chi connectivity index (χ4n) is 4.32. The van der Waals surface area contributed by atoms with Crippen molar-refractivity contribution in [2.24, 2.45) is 5.73 Å². The first-order valence-corrected chi connectivity index (χ1v) is 9.69. The number of amides is 1. The monoisotopic (exact) mass is 382 g/mol. The van der Waals surface area contributed by atoms with Crippen molar-refractivity contribution in [3.05, 3.63) is 41.0 Å². The van der Waals surface area contributed by atoms with E-state index < -0.39 is 17.2 Å². The van der Waals surface area contributed by atoms with Gasteiger partial charge in [-0.3, -0.25) is 4.90 Å². The van der Waals surface area contributed by atoms with Crippen LogP contribution in [0.25, 0.3) is 0 Å². The van der Waals surface area contributed by atoms with E-state index in [1.54, 1.807) is 4.90 Å². The van der Waals surface area contributed by atoms with Gasteiger partial charge in [-0.1, -0.05) is 23.8 Å². The van der Waals surface area contributed by atoms with E-state index >= 15 is 0 Å². The molecule has 2 aliphatic heterocycles. The highest BCUT2D eigenvalue weighted by Crippen LogP contribution is 2.50. The first-order valence-electron chi connectivity index (χ1n) is 9.69. The van der Waals surface area contributed by atoms with Crippen molar-refractivity contribution in [3.8, 4) is 6.07 Å². The van der Waals surface area contributed by atoms with E-state index in [1.165, 1.54) is 0 Å². The molecule has 0 saturated heterocycles. The Labute approximate surface area is 167 Å². The molecule has 6 heteroatoms. The molecule has 0 aliphatic carbocycles. The lowest BCUT2D eigenvalue weighted by atomic mass is 9.81. The van der Waals surface area contributed by atoms with Crippen LogP contribution < -0.4 is 10.6 Å². The number of nitriles is 1. The summed E-state index contributed by atoms with van der Waals surface area (Å²) in [4.78, 5) is 16.8. The molecule has 6 nitrogen and oxygen atoms in total. The lowest BCUT2D eigenvalue weighted by Gasteiger charge is -2.33. The molecular formula is C22H30N4O2. The van der Waals surface area contributed by atoms with E-state index in [2.05, 4.69) is 12.1 Å². The van der Waals surface area contributed by atoms with Crippen LogP contribution in [0.2, 0.25) is 0 Å². The molecule has 0 fully saturated rings. The van der Waals surface area contributed by atoms with Gasteiger partial charge in [0.25, 0.3) is 0 Å². The SMILES string of the molecule is CC(C)=C[C@@H]1c2cccc3c2[C@@](N)(CCN1C(=O)OC(C)(C)C)[C@@H](C#N)N3C. The summed E-state index contributed by atoms with van der Waals surface area (Å²) in [5, 5.41) is 9.83. The molecule has 0 radical (unpaired) electrons. The zero-order valence-corrected chi connectivity index (χ0v) is 17.6. The Hall–Kier alpha value is -2.52. The van der Waals surface area contributed by atoms with Gasteiger partial charge in [-0.05, 0) is 52.7 Å². The van der Waals surface area contributed by atoms with Crippen LogP contribution in [0.4, 0.5) is 10.5 Å². The van der Waals surface area contributed by atoms with Crippen LogP contribution >= 0.6 is 0 Å². The lowest BCUT2D eigenvalue weighted by Crippen LogP contribution is -2.50. The molecule has 0 bridgehead atoms. The van der Waals surface area contributed by atoms with Crippen molar-refractivity contribution in [1.29, 1.82) is 5.26 Å². The molecule has 0 aromatic heterocycles. The van der Waals surface area contributed by atoms with Gasteiger partial charge in [0.05, 0.1) is 17.6 Å². The lowest BCUT2D eigenvalue weighted by molar-refractivity contribution is 0.0192. The summed E-state index contributed by atoms with van der Waals surface area (Å²) in [5.41, 5.74) is 9.47. The molecule has 3 rings (SSSR count). The normalized spacial score (nSPS) is 26.2. The number of nitrogens with zero attached hydrogens (tertiary/aromatic N) is 3. The fourth-order valence-corrected chi connectivity index (χ4v) is 4.32. The maximum atomic E-state index is 13.1. The number of ether oxygens (including phenoxy) is 1. The predicted octanol–water partition coefficient (Wildman–Crippen LogP) is 3.83. The van der Waals surface area contributed by atoms with Crippen LogP contribution in [0.15, 0.2) is 29.8 Å². The summed E-state index contributed by atoms with van der Waals surface area (Å²) >= 11 is 0. The molecule has 0 saturated carbocycles. The molecule has 2 heterocycles. The average molecular weight is 383 g/mol. The highest BCUT2D eigenvalue weighted by Gasteiger charge is 2.52. The Morgan fingerprint density at radius 1 is 1.39 bits per heavy atom. The third-order valence-corrected chi connectivity index (χ3v) is 5.46. The van der Waals surface area contributed by atoms with Gasteiger partial charge >= 0.3 is 6.09 Å². The molecule has 28 heavy (non-hydrogen) atoms. The van der Waals surface area contributed by atoms with Crippen LogP contribution in [0.1, 0.15) is 58.2 Å². The minimum absolute atomic E-state index is 0.286. The average Bonchev–Trinajstić information content (AvgIpc) is 2.71. The molecule has 0 spiro atoms. The van der Waals surface area contributed by atoms with Crippen molar-refractivity contribution < 1.29 is 9.53 Å². The van der Waals surface area contributed by atoms with E-state index in [0.29, 0.717) is 13.0 Å². The van der Waals surface area contributed by atoms with Crippen molar-refractivity contribution >= 4 is 11.8 Å². The summed E-state index contributed by atoms with van der Waals surface area (Å²) in [6.45, 7) is 10.0. The van der Waals surface area contributed by atoms with E-state index in [4.69, 9.17) is 10.5 Å². The van der Waals surface area contributed by atoms with Crippen molar-refractivity contribution in [2.75, 3.05) is 18.5 Å². The summed E-state index contributed by atoms with van der Waals surface area (Å²) in [6.07, 6.45) is 2.20. The van der Waals surface area contributed by atoms with Gasteiger partial charge in [0.1, 0.15) is 11.6 Å². The Balaban J connectivity index is 2.19. The maximum Gasteiger partial charge on any atom is 0.411 e. The highest BCUT2D eigenvalue weighted by atomic mass is 16.6. The molecule has 1 aromatic carbocycles. The van der Waals surface area contributed by atoms with Gasteiger partial charge < -0.3 is 15.4 Å². The second-order valence-electron chi connectivity index (χ2n) is 9.04. The zero-order chi connectivity index (χ0) is 20.9. The summed E-state index contributed by atoms with van der Waals surface area (Å²) < 4.78 is 5.69. The number of allylic oxidation sites excluding steroid dienone is 1. The number of likely N-dealkylation sites (N-methyl/N-ethyl adjacent to an activating group) is 1. The standard InChI is InChI=1S/C22H30N4O2/c1-14(2)12-17-15-8-7-9-16-19(15)22(24,18(13-23)25(16)6)10-11-26(17)20(27)28-21(3,4)5/h7-9,12,17-18H,10-11,24H2,1-6H3/t17-,18-,22-/m1/s1. The molecule has 3 atom stereocenters. The van der Waals surface area contributed by atoms with E-state index in [0.717, 1.165) is 22.4 Å². The number of nitrogens with two attached hydrogens (primary N) is 1. The third kappa shape index (κ3) is 3.24. The van der Waals surface area contributed by atoms with Crippen LogP contribution in [-0.4, -0.2) is 36.2 Å². The van der Waals surface area contributed by atoms with Crippen LogP contribution in [-0.2, 0) is 10.3 Å². The molecule has 150 valence electrons. The van der Waals surface area contributed by atoms with Gasteiger partial charge in [-0.15, -0.1) is 0 Å². The van der Waals surface area contributed by atoms with Crippen LogP contribution in [0.5, 0.6) is 0 Å². The second-order valence-corrected chi connectivity index (χ2v) is 9.04. The number of anilines is 1. The number of carbonyl (C=O) groups excluding carboxylic acids is 1. The Morgan fingerprint density at radius 2 is 2.07 bits per heavy atom. The molecular weight excluding hydrogens is 352 g/mol. The first-order chi connectivity index (χ1) is 13.0. The second kappa shape index (κ2) is 6.82. The molecule has 2 N–H and O–H groups in total. The van der Waals surface area contributed by atoms with Crippen LogP contribution in [0, 0.1) is 11.3 Å². The smallest absolute Gasteiger partial charge is 0.411 e. The quantitative estimate of drug-likeness (QED) is 0.747. The first kappa shape index (κ1) is 20.2. The number of benzene rings is 1. The number of hydrogen-bond acceptors (Lipinski definition) is 5. The Bertz CT molecular complexity index is 860. The van der Waals surface area contributed by atoms with Gasteiger partial charge in [-0.2, -0.15) is 5.26 Å². The molecule has 2 aliphatic rings. The van der Waals surface area contributed by atoms with E-state index in [-0.39, 0.29) is 12.1 Å². The van der Waals surface area contributed by atoms with Crippen molar-refractivity contribution in [3.63, 3.8) is 0 Å². The maximum absolute atomic E-state index is 13.1. The summed E-state index contributed by atoms with van der Waals surface area (Å²) in [7, 11) is 1.91. The van der Waals surface area contributed by atoms with Gasteiger partial charge in [0.2, 0.25) is 0 Å². The van der Waals surface area contributed by atoms with E-state index in [9.17, 15) is 10.1 Å². The molecule has 1 amide bonds. The van der Waals surface area contributed by atoms with E-state index in [1.807, 2.05) is 64.8 Å². The van der Waals surface area contributed by atoms with Gasteiger partial charge in [-0.25, -0.2) is 4.79 Å². The molecule has 0 unspecified atom stereocenters. The van der Waals surface area contributed by atoms with Gasteiger partial charge in [0.15, 0.2) is 0 Å². The zero-order valence-electron chi connectivity index (χ0n) is 17.6. The number of rotatable bonds is 1. The highest BCUT2D eigenvalue weighted by molar-refractivity contribution is 5.73. The minimum Gasteiger partial charge on any atom is -0.444 e. The predicted molar refractivity (Wildman–Crippen MR) is 110 cm³/mol. The third-order valence-electron chi connectivity index (χ3n) is 5.46. The summed E-state index contributed by atoms with van der Waals surface area (Å²) in [5.74, 6) is 0. The largest absolute Gasteiger partial charge is 0.444 e. The Morgan fingerprint density at radius 3 is 2.64 bits per heavy atom. The van der Waals surface area contributed by atoms with Crippen molar-refractivity contribution in [1.82, 2.24) is 4.90 Å². The van der Waals surface area contributed by atoms with Crippen LogP contribution in [0.3, 0.4) is 0 Å².